The topological polar surface area (TPSA) is 9.86 Å². The SMILES string of the molecule is c1ccc(-n2c3ccccc3c3ccc(-c4ccc5c(c4)c4c(-c6ccc7c8ccccc8n(-c8ccccc8)c7c6)ccc6sc7cccc5c7c64)cc32)cc1. The number of rotatable bonds is 4. The van der Waals surface area contributed by atoms with Crippen LogP contribution in [0.5, 0.6) is 0 Å². The lowest BCUT2D eigenvalue weighted by Gasteiger charge is -2.15. The number of fused-ring (bicyclic) bond motifs is 9. The average molecular weight is 741 g/mol. The van der Waals surface area contributed by atoms with Crippen LogP contribution in [0.15, 0.2) is 194 Å². The molecule has 10 aromatic carbocycles. The molecule has 0 saturated carbocycles. The third-order valence-corrected chi connectivity index (χ3v) is 13.4. The molecule has 3 aromatic heterocycles. The lowest BCUT2D eigenvalue weighted by molar-refractivity contribution is 1.18. The second-order valence-electron chi connectivity index (χ2n) is 15.2. The van der Waals surface area contributed by atoms with Gasteiger partial charge in [0.15, 0.2) is 0 Å². The highest BCUT2D eigenvalue weighted by molar-refractivity contribution is 7.26. The van der Waals surface area contributed by atoms with Gasteiger partial charge in [0.25, 0.3) is 0 Å². The van der Waals surface area contributed by atoms with E-state index in [4.69, 9.17) is 0 Å². The smallest absolute Gasteiger partial charge is 0.0547 e. The molecule has 3 heterocycles. The van der Waals surface area contributed by atoms with Gasteiger partial charge in [-0.15, -0.1) is 11.3 Å². The molecule has 264 valence electrons. The second-order valence-corrected chi connectivity index (χ2v) is 16.3. The molecular formula is C54H32N2S. The quantitative estimate of drug-likeness (QED) is 0.159. The summed E-state index contributed by atoms with van der Waals surface area (Å²) in [6.45, 7) is 0. The zero-order chi connectivity index (χ0) is 37.2. The zero-order valence-corrected chi connectivity index (χ0v) is 31.6. The van der Waals surface area contributed by atoms with Crippen molar-refractivity contribution in [2.24, 2.45) is 0 Å². The Hall–Kier alpha value is -7.20. The van der Waals surface area contributed by atoms with Gasteiger partial charge in [-0.2, -0.15) is 0 Å². The first-order chi connectivity index (χ1) is 28.3. The molecule has 0 amide bonds. The van der Waals surface area contributed by atoms with E-state index in [0.29, 0.717) is 0 Å². The largest absolute Gasteiger partial charge is 0.309 e. The molecule has 0 aliphatic rings. The summed E-state index contributed by atoms with van der Waals surface area (Å²) in [7, 11) is 0. The highest BCUT2D eigenvalue weighted by Gasteiger charge is 2.21. The Morgan fingerprint density at radius 1 is 0.281 bits per heavy atom. The van der Waals surface area contributed by atoms with Crippen LogP contribution >= 0.6 is 11.3 Å². The van der Waals surface area contributed by atoms with Gasteiger partial charge in [0.1, 0.15) is 0 Å². The molecule has 0 N–H and O–H groups in total. The van der Waals surface area contributed by atoms with E-state index in [1.807, 2.05) is 11.3 Å². The molecule has 13 rings (SSSR count). The second kappa shape index (κ2) is 11.7. The average Bonchev–Trinajstić information content (AvgIpc) is 3.94. The van der Waals surface area contributed by atoms with Crippen molar-refractivity contribution in [1.82, 2.24) is 9.13 Å². The highest BCUT2D eigenvalue weighted by Crippen LogP contribution is 2.49. The van der Waals surface area contributed by atoms with Crippen LogP contribution in [0, 0.1) is 0 Å². The van der Waals surface area contributed by atoms with Gasteiger partial charge in [-0.05, 0) is 111 Å². The molecule has 0 atom stereocenters. The molecule has 13 aromatic rings. The Labute approximate surface area is 332 Å². The van der Waals surface area contributed by atoms with Crippen molar-refractivity contribution in [3.8, 4) is 33.6 Å². The molecule has 0 radical (unpaired) electrons. The fraction of sp³-hybridized carbons (Fsp3) is 0. The number of hydrogen-bond acceptors (Lipinski definition) is 1. The standard InChI is InChI=1S/C54H32N2S/c1-3-12-36(13-4-1)55-46-19-9-7-16-40(46)42-26-23-34(31-48(42)55)33-22-25-39-44-18-11-21-50-53(44)54-51(57-50)29-28-38(52(54)45(39)30-33)35-24-27-43-41-17-8-10-20-47(41)56(49(43)32-35)37-14-5-2-6-15-37/h1-32H. The normalized spacial score (nSPS) is 12.2. The number of hydrogen-bond donors (Lipinski definition) is 0. The Bertz CT molecular complexity index is 3730. The van der Waals surface area contributed by atoms with Gasteiger partial charge in [0.05, 0.1) is 22.1 Å². The van der Waals surface area contributed by atoms with Crippen LogP contribution in [0.25, 0.3) is 119 Å². The summed E-state index contributed by atoms with van der Waals surface area (Å²) < 4.78 is 7.51. The van der Waals surface area contributed by atoms with E-state index in [2.05, 4.69) is 203 Å². The third-order valence-electron chi connectivity index (χ3n) is 12.3. The molecule has 0 aliphatic carbocycles. The first kappa shape index (κ1) is 31.1. The summed E-state index contributed by atoms with van der Waals surface area (Å²) in [5.41, 5.74) is 12.1. The van der Waals surface area contributed by atoms with Crippen molar-refractivity contribution in [2.45, 2.75) is 0 Å². The summed E-state index contributed by atoms with van der Waals surface area (Å²) in [5, 5.41) is 13.1. The maximum absolute atomic E-state index is 2.46. The minimum absolute atomic E-state index is 1.17. The third kappa shape index (κ3) is 4.35. The Morgan fingerprint density at radius 2 is 0.789 bits per heavy atom. The van der Waals surface area contributed by atoms with Gasteiger partial charge >= 0.3 is 0 Å². The van der Waals surface area contributed by atoms with E-state index in [0.717, 1.165) is 0 Å². The summed E-state index contributed by atoms with van der Waals surface area (Å²) >= 11 is 1.91. The molecule has 0 fully saturated rings. The molecular weight excluding hydrogens is 709 g/mol. The molecule has 0 aliphatic heterocycles. The maximum atomic E-state index is 2.46. The van der Waals surface area contributed by atoms with Gasteiger partial charge in [-0.1, -0.05) is 127 Å². The van der Waals surface area contributed by atoms with Crippen molar-refractivity contribution < 1.29 is 0 Å². The predicted octanol–water partition coefficient (Wildman–Crippen LogP) is 15.3. The maximum Gasteiger partial charge on any atom is 0.0547 e. The Morgan fingerprint density at radius 3 is 1.46 bits per heavy atom. The van der Waals surface area contributed by atoms with E-state index in [9.17, 15) is 0 Å². The van der Waals surface area contributed by atoms with Gasteiger partial charge in [-0.3, -0.25) is 0 Å². The van der Waals surface area contributed by atoms with Crippen LogP contribution in [0.1, 0.15) is 0 Å². The van der Waals surface area contributed by atoms with E-state index in [1.165, 1.54) is 119 Å². The van der Waals surface area contributed by atoms with Crippen LogP contribution in [0.4, 0.5) is 0 Å². The van der Waals surface area contributed by atoms with Gasteiger partial charge < -0.3 is 9.13 Å². The van der Waals surface area contributed by atoms with Gasteiger partial charge in [0.2, 0.25) is 0 Å². The molecule has 57 heavy (non-hydrogen) atoms. The van der Waals surface area contributed by atoms with E-state index in [-0.39, 0.29) is 0 Å². The number of thiophene rings is 1. The first-order valence-corrected chi connectivity index (χ1v) is 20.4. The van der Waals surface area contributed by atoms with Gasteiger partial charge in [-0.25, -0.2) is 0 Å². The van der Waals surface area contributed by atoms with Crippen LogP contribution in [-0.2, 0) is 0 Å². The fourth-order valence-corrected chi connectivity index (χ4v) is 11.0. The van der Waals surface area contributed by atoms with Gasteiger partial charge in [0, 0.05) is 53.1 Å². The van der Waals surface area contributed by atoms with Crippen molar-refractivity contribution in [3.05, 3.63) is 194 Å². The number of aromatic nitrogens is 2. The van der Waals surface area contributed by atoms with Crippen molar-refractivity contribution in [1.29, 1.82) is 0 Å². The lowest BCUT2D eigenvalue weighted by atomic mass is 9.88. The zero-order valence-electron chi connectivity index (χ0n) is 30.8. The predicted molar refractivity (Wildman–Crippen MR) is 245 cm³/mol. The molecule has 0 bridgehead atoms. The summed E-state index contributed by atoms with van der Waals surface area (Å²) in [5.74, 6) is 0. The molecule has 0 unspecified atom stereocenters. The molecule has 3 heteroatoms. The van der Waals surface area contributed by atoms with Crippen molar-refractivity contribution in [3.63, 3.8) is 0 Å². The lowest BCUT2D eigenvalue weighted by Crippen LogP contribution is -1.93. The van der Waals surface area contributed by atoms with Crippen LogP contribution in [0.3, 0.4) is 0 Å². The summed E-state index contributed by atoms with van der Waals surface area (Å²) in [6, 6.07) is 71.9. The van der Waals surface area contributed by atoms with Crippen LogP contribution in [-0.4, -0.2) is 9.13 Å². The highest BCUT2D eigenvalue weighted by atomic mass is 32.1. The van der Waals surface area contributed by atoms with Crippen molar-refractivity contribution in [2.75, 3.05) is 0 Å². The summed E-state index contributed by atoms with van der Waals surface area (Å²) in [6.07, 6.45) is 0. The minimum atomic E-state index is 1.17. The number of para-hydroxylation sites is 4. The first-order valence-electron chi connectivity index (χ1n) is 19.6. The minimum Gasteiger partial charge on any atom is -0.309 e. The summed E-state index contributed by atoms with van der Waals surface area (Å²) in [4.78, 5) is 0. The van der Waals surface area contributed by atoms with E-state index >= 15 is 0 Å². The Balaban J connectivity index is 1.10. The Kier molecular flexibility index (Phi) is 6.35. The van der Waals surface area contributed by atoms with E-state index in [1.54, 1.807) is 0 Å². The number of nitrogens with zero attached hydrogens (tertiary/aromatic N) is 2. The van der Waals surface area contributed by atoms with Crippen molar-refractivity contribution >= 4 is 96.7 Å². The monoisotopic (exact) mass is 740 g/mol. The number of benzene rings is 10. The van der Waals surface area contributed by atoms with E-state index < -0.39 is 0 Å². The molecule has 2 nitrogen and oxygen atoms in total. The van der Waals surface area contributed by atoms with Crippen LogP contribution < -0.4 is 0 Å². The molecule has 0 spiro atoms. The molecule has 0 saturated heterocycles. The fourth-order valence-electron chi connectivity index (χ4n) is 9.82. The van der Waals surface area contributed by atoms with Crippen LogP contribution in [0.2, 0.25) is 0 Å².